The van der Waals surface area contributed by atoms with Gasteiger partial charge in [0.2, 0.25) is 0 Å². The van der Waals surface area contributed by atoms with E-state index in [1.807, 2.05) is 44.2 Å². The SMILES string of the molecule is CCC(C)(N)Oc1ccccc1. The van der Waals surface area contributed by atoms with Crippen LogP contribution in [0.25, 0.3) is 0 Å². The highest BCUT2D eigenvalue weighted by Gasteiger charge is 2.16. The van der Waals surface area contributed by atoms with Gasteiger partial charge in [-0.15, -0.1) is 0 Å². The van der Waals surface area contributed by atoms with Crippen molar-refractivity contribution in [1.82, 2.24) is 0 Å². The van der Waals surface area contributed by atoms with Gasteiger partial charge >= 0.3 is 0 Å². The van der Waals surface area contributed by atoms with Crippen molar-refractivity contribution in [2.75, 3.05) is 0 Å². The van der Waals surface area contributed by atoms with Gasteiger partial charge in [-0.2, -0.15) is 0 Å². The summed E-state index contributed by atoms with van der Waals surface area (Å²) in [4.78, 5) is 0. The van der Waals surface area contributed by atoms with Crippen LogP contribution in [0.15, 0.2) is 30.3 Å². The zero-order valence-corrected chi connectivity index (χ0v) is 7.58. The van der Waals surface area contributed by atoms with Crippen LogP contribution in [-0.4, -0.2) is 5.72 Å². The van der Waals surface area contributed by atoms with Gasteiger partial charge in [0.05, 0.1) is 0 Å². The molecule has 0 aliphatic heterocycles. The van der Waals surface area contributed by atoms with Crippen molar-refractivity contribution < 1.29 is 4.74 Å². The van der Waals surface area contributed by atoms with Crippen LogP contribution < -0.4 is 10.5 Å². The van der Waals surface area contributed by atoms with Gasteiger partial charge in [-0.25, -0.2) is 0 Å². The van der Waals surface area contributed by atoms with E-state index < -0.39 is 5.72 Å². The lowest BCUT2D eigenvalue weighted by Crippen LogP contribution is -2.41. The predicted octanol–water partition coefficient (Wildman–Crippen LogP) is 2.15. The Kier molecular flexibility index (Phi) is 2.71. The lowest BCUT2D eigenvalue weighted by atomic mass is 10.2. The third kappa shape index (κ3) is 2.55. The van der Waals surface area contributed by atoms with E-state index in [1.54, 1.807) is 0 Å². The molecule has 0 aliphatic rings. The number of hydrogen-bond donors (Lipinski definition) is 1. The summed E-state index contributed by atoms with van der Waals surface area (Å²) >= 11 is 0. The zero-order chi connectivity index (χ0) is 9.03. The topological polar surface area (TPSA) is 35.2 Å². The molecule has 1 rings (SSSR count). The van der Waals surface area contributed by atoms with Gasteiger partial charge in [0.25, 0.3) is 0 Å². The van der Waals surface area contributed by atoms with Gasteiger partial charge in [-0.05, 0) is 25.5 Å². The first-order valence-corrected chi connectivity index (χ1v) is 4.17. The van der Waals surface area contributed by atoms with E-state index in [-0.39, 0.29) is 0 Å². The Bertz CT molecular complexity index is 231. The first-order valence-electron chi connectivity index (χ1n) is 4.17. The van der Waals surface area contributed by atoms with Crippen molar-refractivity contribution in [2.24, 2.45) is 5.73 Å². The molecule has 66 valence electrons. The first-order chi connectivity index (χ1) is 5.64. The molecule has 0 saturated heterocycles. The van der Waals surface area contributed by atoms with Crippen molar-refractivity contribution >= 4 is 0 Å². The van der Waals surface area contributed by atoms with Crippen LogP contribution in [0.1, 0.15) is 20.3 Å². The minimum atomic E-state index is -0.554. The Morgan fingerprint density at radius 1 is 1.33 bits per heavy atom. The fraction of sp³-hybridized carbons (Fsp3) is 0.400. The molecule has 0 aliphatic carbocycles. The largest absolute Gasteiger partial charge is 0.473 e. The molecule has 2 heteroatoms. The quantitative estimate of drug-likeness (QED) is 0.696. The van der Waals surface area contributed by atoms with E-state index in [9.17, 15) is 0 Å². The molecule has 0 aromatic heterocycles. The Morgan fingerprint density at radius 3 is 2.42 bits per heavy atom. The van der Waals surface area contributed by atoms with Crippen molar-refractivity contribution in [3.05, 3.63) is 30.3 Å². The average molecular weight is 165 g/mol. The van der Waals surface area contributed by atoms with E-state index in [0.717, 1.165) is 12.2 Å². The number of benzene rings is 1. The molecule has 2 N–H and O–H groups in total. The molecule has 0 bridgehead atoms. The highest BCUT2D eigenvalue weighted by molar-refractivity contribution is 5.21. The summed E-state index contributed by atoms with van der Waals surface area (Å²) in [5, 5.41) is 0. The van der Waals surface area contributed by atoms with Crippen LogP contribution in [0, 0.1) is 0 Å². The highest BCUT2D eigenvalue weighted by atomic mass is 16.5. The number of para-hydroxylation sites is 1. The normalized spacial score (nSPS) is 15.2. The molecule has 0 radical (unpaired) electrons. The van der Waals surface area contributed by atoms with E-state index in [4.69, 9.17) is 10.5 Å². The fourth-order valence-electron chi connectivity index (χ4n) is 0.830. The molecule has 2 nitrogen and oxygen atoms in total. The fourth-order valence-corrected chi connectivity index (χ4v) is 0.830. The summed E-state index contributed by atoms with van der Waals surface area (Å²) in [5.74, 6) is 0.823. The van der Waals surface area contributed by atoms with Crippen LogP contribution >= 0.6 is 0 Å². The average Bonchev–Trinajstić information content (AvgIpc) is 2.06. The molecule has 0 fully saturated rings. The number of rotatable bonds is 3. The minimum Gasteiger partial charge on any atom is -0.473 e. The third-order valence-electron chi connectivity index (χ3n) is 1.80. The maximum atomic E-state index is 5.83. The van der Waals surface area contributed by atoms with Crippen LogP contribution in [-0.2, 0) is 0 Å². The molecule has 1 unspecified atom stereocenters. The Hall–Kier alpha value is -1.02. The van der Waals surface area contributed by atoms with Crippen LogP contribution in [0.3, 0.4) is 0 Å². The van der Waals surface area contributed by atoms with Crippen molar-refractivity contribution in [3.8, 4) is 5.75 Å². The second-order valence-electron chi connectivity index (χ2n) is 3.08. The molecule has 0 amide bonds. The Balaban J connectivity index is 2.64. The second kappa shape index (κ2) is 3.59. The van der Waals surface area contributed by atoms with Crippen molar-refractivity contribution in [3.63, 3.8) is 0 Å². The number of hydrogen-bond acceptors (Lipinski definition) is 2. The number of ether oxygens (including phenoxy) is 1. The minimum absolute atomic E-state index is 0.554. The zero-order valence-electron chi connectivity index (χ0n) is 7.58. The molecule has 1 aromatic rings. The molecule has 0 heterocycles. The molecular formula is C10H15NO. The van der Waals surface area contributed by atoms with Gasteiger partial charge in [0.1, 0.15) is 5.75 Å². The van der Waals surface area contributed by atoms with Gasteiger partial charge in [0.15, 0.2) is 5.72 Å². The number of nitrogens with two attached hydrogens (primary N) is 1. The second-order valence-corrected chi connectivity index (χ2v) is 3.08. The maximum Gasteiger partial charge on any atom is 0.155 e. The molecule has 12 heavy (non-hydrogen) atoms. The third-order valence-corrected chi connectivity index (χ3v) is 1.80. The smallest absolute Gasteiger partial charge is 0.155 e. The van der Waals surface area contributed by atoms with E-state index >= 15 is 0 Å². The molecule has 0 spiro atoms. The molecule has 1 atom stereocenters. The molecule has 1 aromatic carbocycles. The Morgan fingerprint density at radius 2 is 1.92 bits per heavy atom. The standard InChI is InChI=1S/C10H15NO/c1-3-10(2,11)12-9-7-5-4-6-8-9/h4-8H,3,11H2,1-2H3. The lowest BCUT2D eigenvalue weighted by molar-refractivity contribution is 0.0918. The maximum absolute atomic E-state index is 5.83. The lowest BCUT2D eigenvalue weighted by Gasteiger charge is -2.24. The summed E-state index contributed by atoms with van der Waals surface area (Å²) in [6.45, 7) is 3.88. The van der Waals surface area contributed by atoms with E-state index in [1.165, 1.54) is 0 Å². The van der Waals surface area contributed by atoms with Gasteiger partial charge in [0, 0.05) is 0 Å². The summed E-state index contributed by atoms with van der Waals surface area (Å²) in [6.07, 6.45) is 0.794. The summed E-state index contributed by atoms with van der Waals surface area (Å²) < 4.78 is 5.53. The summed E-state index contributed by atoms with van der Waals surface area (Å²) in [5.41, 5.74) is 5.27. The van der Waals surface area contributed by atoms with Crippen LogP contribution in [0.5, 0.6) is 5.75 Å². The van der Waals surface area contributed by atoms with Crippen molar-refractivity contribution in [1.29, 1.82) is 0 Å². The van der Waals surface area contributed by atoms with E-state index in [0.29, 0.717) is 0 Å². The summed E-state index contributed by atoms with van der Waals surface area (Å²) in [7, 11) is 0. The van der Waals surface area contributed by atoms with Gasteiger partial charge < -0.3 is 4.74 Å². The molecular weight excluding hydrogens is 150 g/mol. The summed E-state index contributed by atoms with van der Waals surface area (Å²) in [6, 6.07) is 9.62. The van der Waals surface area contributed by atoms with E-state index in [2.05, 4.69) is 0 Å². The van der Waals surface area contributed by atoms with Crippen molar-refractivity contribution in [2.45, 2.75) is 26.0 Å². The first kappa shape index (κ1) is 9.07. The van der Waals surface area contributed by atoms with Gasteiger partial charge in [-0.3, -0.25) is 5.73 Å². The van der Waals surface area contributed by atoms with Gasteiger partial charge in [-0.1, -0.05) is 25.1 Å². The van der Waals surface area contributed by atoms with Crippen LogP contribution in [0.4, 0.5) is 0 Å². The Labute approximate surface area is 73.3 Å². The monoisotopic (exact) mass is 165 g/mol. The highest BCUT2D eigenvalue weighted by Crippen LogP contribution is 2.15. The predicted molar refractivity (Wildman–Crippen MR) is 50.0 cm³/mol. The van der Waals surface area contributed by atoms with Crippen LogP contribution in [0.2, 0.25) is 0 Å². The molecule has 0 saturated carbocycles.